The quantitative estimate of drug-likeness (QED) is 0.624. The van der Waals surface area contributed by atoms with Crippen LogP contribution in [0.4, 0.5) is 0 Å². The van der Waals surface area contributed by atoms with Crippen LogP contribution in [0.2, 0.25) is 0 Å². The lowest BCUT2D eigenvalue weighted by molar-refractivity contribution is 0.0762. The number of sulfonamides is 1. The Balaban J connectivity index is 2.49. The van der Waals surface area contributed by atoms with E-state index in [0.717, 1.165) is 6.54 Å². The normalized spacial score (nSPS) is 28.5. The van der Waals surface area contributed by atoms with Gasteiger partial charge in [0.1, 0.15) is 0 Å². The maximum atomic E-state index is 11.8. The molecule has 1 unspecified atom stereocenters. The van der Waals surface area contributed by atoms with Crippen molar-refractivity contribution in [1.29, 1.82) is 0 Å². The van der Waals surface area contributed by atoms with Crippen LogP contribution in [0.25, 0.3) is 0 Å². The maximum absolute atomic E-state index is 11.8. The highest BCUT2D eigenvalue weighted by Crippen LogP contribution is 2.22. The molecule has 0 amide bonds. The molecule has 6 heteroatoms. The first kappa shape index (κ1) is 12.9. The summed E-state index contributed by atoms with van der Waals surface area (Å²) in [6.07, 6.45) is 0.521. The van der Waals surface area contributed by atoms with Crippen LogP contribution in [0.1, 0.15) is 20.3 Å². The number of hydrogen-bond donors (Lipinski definition) is 2. The van der Waals surface area contributed by atoms with Crippen LogP contribution in [-0.2, 0) is 10.0 Å². The van der Waals surface area contributed by atoms with Crippen LogP contribution >= 0.6 is 0 Å². The van der Waals surface area contributed by atoms with Crippen molar-refractivity contribution in [1.82, 2.24) is 9.62 Å². The number of hydrogen-bond acceptors (Lipinski definition) is 4. The zero-order chi connectivity index (χ0) is 11.5. The van der Waals surface area contributed by atoms with E-state index in [1.54, 1.807) is 6.92 Å². The Kier molecular flexibility index (Phi) is 4.11. The molecule has 1 aliphatic heterocycles. The van der Waals surface area contributed by atoms with E-state index in [1.165, 1.54) is 4.31 Å². The first-order valence-electron chi connectivity index (χ1n) is 5.28. The average molecular weight is 236 g/mol. The van der Waals surface area contributed by atoms with Gasteiger partial charge in [0.05, 0.1) is 11.4 Å². The second kappa shape index (κ2) is 4.78. The Labute approximate surface area is 91.5 Å². The third-order valence-electron chi connectivity index (χ3n) is 2.60. The van der Waals surface area contributed by atoms with Gasteiger partial charge in [0, 0.05) is 19.6 Å². The second-order valence-electron chi connectivity index (χ2n) is 4.25. The Morgan fingerprint density at radius 2 is 2.20 bits per heavy atom. The Morgan fingerprint density at radius 3 is 2.67 bits per heavy atom. The molecule has 2 N–H and O–H groups in total. The van der Waals surface area contributed by atoms with Crippen LogP contribution in [0.3, 0.4) is 0 Å². The third-order valence-corrected chi connectivity index (χ3v) is 4.42. The van der Waals surface area contributed by atoms with Gasteiger partial charge in [0.25, 0.3) is 0 Å². The Hall–Kier alpha value is -0.170. The van der Waals surface area contributed by atoms with Gasteiger partial charge in [-0.25, -0.2) is 8.42 Å². The molecule has 0 radical (unpaired) electrons. The fourth-order valence-electron chi connectivity index (χ4n) is 1.65. The molecule has 0 saturated carbocycles. The van der Waals surface area contributed by atoms with E-state index < -0.39 is 15.6 Å². The predicted molar refractivity (Wildman–Crippen MR) is 59.1 cm³/mol. The summed E-state index contributed by atoms with van der Waals surface area (Å²) in [6.45, 7) is 5.51. The predicted octanol–water partition coefficient (Wildman–Crippen LogP) is -0.618. The first-order chi connectivity index (χ1) is 6.87. The standard InChI is InChI=1S/C9H20N2O3S/c1-3-10-5-7-15(13,14)11-6-4-9(2,12)8-11/h10,12H,3-8H2,1-2H3. The zero-order valence-corrected chi connectivity index (χ0v) is 10.2. The van der Waals surface area contributed by atoms with E-state index in [1.807, 2.05) is 6.92 Å². The first-order valence-corrected chi connectivity index (χ1v) is 6.89. The van der Waals surface area contributed by atoms with Crippen LogP contribution in [-0.4, -0.2) is 55.4 Å². The number of rotatable bonds is 5. The Bertz CT molecular complexity index is 300. The summed E-state index contributed by atoms with van der Waals surface area (Å²) >= 11 is 0. The largest absolute Gasteiger partial charge is 0.389 e. The van der Waals surface area contributed by atoms with Crippen LogP contribution in [0, 0.1) is 0 Å². The Morgan fingerprint density at radius 1 is 1.53 bits per heavy atom. The summed E-state index contributed by atoms with van der Waals surface area (Å²) in [5, 5.41) is 12.7. The molecule has 5 nitrogen and oxygen atoms in total. The van der Waals surface area contributed by atoms with Crippen molar-refractivity contribution < 1.29 is 13.5 Å². The highest BCUT2D eigenvalue weighted by Gasteiger charge is 2.37. The maximum Gasteiger partial charge on any atom is 0.215 e. The van der Waals surface area contributed by atoms with Crippen LogP contribution in [0.15, 0.2) is 0 Å². The van der Waals surface area contributed by atoms with E-state index in [9.17, 15) is 13.5 Å². The van der Waals surface area contributed by atoms with Gasteiger partial charge in [-0.3, -0.25) is 0 Å². The van der Waals surface area contributed by atoms with E-state index in [4.69, 9.17) is 0 Å². The fraction of sp³-hybridized carbons (Fsp3) is 1.00. The summed E-state index contributed by atoms with van der Waals surface area (Å²) in [7, 11) is -3.19. The SMILES string of the molecule is CCNCCS(=O)(=O)N1CCC(C)(O)C1. The number of aliphatic hydroxyl groups is 1. The van der Waals surface area contributed by atoms with Gasteiger partial charge in [0.15, 0.2) is 0 Å². The minimum atomic E-state index is -3.19. The number of nitrogens with zero attached hydrogens (tertiary/aromatic N) is 1. The van der Waals surface area contributed by atoms with Crippen molar-refractivity contribution in [3.05, 3.63) is 0 Å². The molecule has 0 aromatic rings. The van der Waals surface area contributed by atoms with Crippen molar-refractivity contribution in [2.45, 2.75) is 25.9 Å². The monoisotopic (exact) mass is 236 g/mol. The summed E-state index contributed by atoms with van der Waals surface area (Å²) < 4.78 is 24.9. The van der Waals surface area contributed by atoms with Gasteiger partial charge < -0.3 is 10.4 Å². The van der Waals surface area contributed by atoms with E-state index in [0.29, 0.717) is 19.5 Å². The molecule has 1 fully saturated rings. The molecular weight excluding hydrogens is 216 g/mol. The molecule has 1 saturated heterocycles. The molecule has 0 aromatic carbocycles. The summed E-state index contributed by atoms with van der Waals surface area (Å²) in [5.74, 6) is 0.108. The van der Waals surface area contributed by atoms with Gasteiger partial charge >= 0.3 is 0 Å². The lowest BCUT2D eigenvalue weighted by Crippen LogP contribution is -2.37. The number of nitrogens with one attached hydrogen (secondary N) is 1. The lowest BCUT2D eigenvalue weighted by atomic mass is 10.1. The molecule has 0 aromatic heterocycles. The summed E-state index contributed by atoms with van der Waals surface area (Å²) in [5.41, 5.74) is -0.856. The van der Waals surface area contributed by atoms with Crippen molar-refractivity contribution in [2.75, 3.05) is 31.9 Å². The summed E-state index contributed by atoms with van der Waals surface area (Å²) in [6, 6.07) is 0. The highest BCUT2D eigenvalue weighted by molar-refractivity contribution is 7.89. The summed E-state index contributed by atoms with van der Waals surface area (Å²) in [4.78, 5) is 0. The topological polar surface area (TPSA) is 69.6 Å². The van der Waals surface area contributed by atoms with Crippen molar-refractivity contribution in [3.63, 3.8) is 0 Å². The molecule has 1 atom stereocenters. The third kappa shape index (κ3) is 3.71. The van der Waals surface area contributed by atoms with E-state index in [-0.39, 0.29) is 12.3 Å². The van der Waals surface area contributed by atoms with Gasteiger partial charge in [-0.2, -0.15) is 4.31 Å². The molecule has 15 heavy (non-hydrogen) atoms. The molecule has 1 aliphatic rings. The van der Waals surface area contributed by atoms with Gasteiger partial charge in [-0.1, -0.05) is 6.92 Å². The molecule has 0 aliphatic carbocycles. The molecule has 90 valence electrons. The smallest absolute Gasteiger partial charge is 0.215 e. The van der Waals surface area contributed by atoms with Crippen molar-refractivity contribution >= 4 is 10.0 Å². The van der Waals surface area contributed by atoms with E-state index >= 15 is 0 Å². The molecule has 1 heterocycles. The molecule has 1 rings (SSSR count). The fourth-order valence-corrected chi connectivity index (χ4v) is 3.15. The number of β-amino-alcohol motifs (C(OH)–C–C–N with tert-alkyl or cyclic N) is 1. The van der Waals surface area contributed by atoms with Crippen molar-refractivity contribution in [2.24, 2.45) is 0 Å². The van der Waals surface area contributed by atoms with E-state index in [2.05, 4.69) is 5.32 Å². The van der Waals surface area contributed by atoms with Crippen LogP contribution < -0.4 is 5.32 Å². The molecule has 0 spiro atoms. The van der Waals surface area contributed by atoms with Crippen LogP contribution in [0.5, 0.6) is 0 Å². The minimum absolute atomic E-state index is 0.108. The molecule has 0 bridgehead atoms. The van der Waals surface area contributed by atoms with Gasteiger partial charge in [-0.15, -0.1) is 0 Å². The second-order valence-corrected chi connectivity index (χ2v) is 6.34. The minimum Gasteiger partial charge on any atom is -0.389 e. The zero-order valence-electron chi connectivity index (χ0n) is 9.36. The highest BCUT2D eigenvalue weighted by atomic mass is 32.2. The molecular formula is C9H20N2O3S. The van der Waals surface area contributed by atoms with Crippen molar-refractivity contribution in [3.8, 4) is 0 Å². The van der Waals surface area contributed by atoms with Gasteiger partial charge in [-0.05, 0) is 19.9 Å². The average Bonchev–Trinajstić information content (AvgIpc) is 2.47. The lowest BCUT2D eigenvalue weighted by Gasteiger charge is -2.18. The van der Waals surface area contributed by atoms with Gasteiger partial charge in [0.2, 0.25) is 10.0 Å².